The topological polar surface area (TPSA) is 72.6 Å². The summed E-state index contributed by atoms with van der Waals surface area (Å²) in [6.07, 6.45) is 0. The van der Waals surface area contributed by atoms with E-state index in [1.807, 2.05) is 0 Å². The summed E-state index contributed by atoms with van der Waals surface area (Å²) in [6.45, 7) is 0.149. The highest BCUT2D eigenvalue weighted by molar-refractivity contribution is 6.30. The van der Waals surface area contributed by atoms with Crippen LogP contribution in [-0.2, 0) is 6.61 Å². The van der Waals surface area contributed by atoms with Crippen LogP contribution >= 0.6 is 11.6 Å². The van der Waals surface area contributed by atoms with Gasteiger partial charge in [0.1, 0.15) is 18.2 Å². The van der Waals surface area contributed by atoms with Crippen molar-refractivity contribution in [1.82, 2.24) is 0 Å². The Bertz CT molecular complexity index is 661. The van der Waals surface area contributed by atoms with Crippen molar-refractivity contribution in [3.63, 3.8) is 0 Å². The zero-order valence-corrected chi connectivity index (χ0v) is 11.0. The fourth-order valence-electron chi connectivity index (χ4n) is 1.60. The lowest BCUT2D eigenvalue weighted by molar-refractivity contribution is 0.0697. The molecule has 104 valence electrons. The molecule has 0 amide bonds. The van der Waals surface area contributed by atoms with Crippen LogP contribution in [0.25, 0.3) is 0 Å². The molecule has 3 N–H and O–H groups in total. The highest BCUT2D eigenvalue weighted by atomic mass is 35.5. The highest BCUT2D eigenvalue weighted by Crippen LogP contribution is 2.24. The van der Waals surface area contributed by atoms with Crippen molar-refractivity contribution < 1.29 is 19.0 Å². The third-order valence-corrected chi connectivity index (χ3v) is 2.92. The zero-order chi connectivity index (χ0) is 14.7. The van der Waals surface area contributed by atoms with E-state index in [1.165, 1.54) is 30.3 Å². The molecule has 2 aromatic rings. The van der Waals surface area contributed by atoms with Crippen molar-refractivity contribution in [2.75, 3.05) is 5.73 Å². The molecule has 20 heavy (non-hydrogen) atoms. The quantitative estimate of drug-likeness (QED) is 0.849. The van der Waals surface area contributed by atoms with Crippen molar-refractivity contribution in [2.45, 2.75) is 6.61 Å². The molecule has 2 rings (SSSR count). The van der Waals surface area contributed by atoms with Gasteiger partial charge in [-0.3, -0.25) is 0 Å². The maximum Gasteiger partial charge on any atom is 0.335 e. The van der Waals surface area contributed by atoms with Crippen LogP contribution in [0.5, 0.6) is 5.75 Å². The van der Waals surface area contributed by atoms with Gasteiger partial charge in [0.2, 0.25) is 0 Å². The Morgan fingerprint density at radius 3 is 2.65 bits per heavy atom. The minimum absolute atomic E-state index is 0.0142. The van der Waals surface area contributed by atoms with Crippen LogP contribution in [-0.4, -0.2) is 11.1 Å². The fraction of sp³-hybridized carbons (Fsp3) is 0.0714. The maximum absolute atomic E-state index is 13.0. The number of anilines is 1. The molecule has 0 saturated carbocycles. The molecular weight excluding hydrogens is 285 g/mol. The minimum Gasteiger partial charge on any atom is -0.487 e. The van der Waals surface area contributed by atoms with Crippen molar-refractivity contribution in [3.05, 3.63) is 58.4 Å². The Morgan fingerprint density at radius 1 is 1.30 bits per heavy atom. The van der Waals surface area contributed by atoms with E-state index >= 15 is 0 Å². The average molecular weight is 296 g/mol. The summed E-state index contributed by atoms with van der Waals surface area (Å²) in [7, 11) is 0. The molecule has 4 nitrogen and oxygen atoms in total. The summed E-state index contributed by atoms with van der Waals surface area (Å²) in [4.78, 5) is 10.8. The summed E-state index contributed by atoms with van der Waals surface area (Å²) >= 11 is 5.66. The maximum atomic E-state index is 13.0. The van der Waals surface area contributed by atoms with Crippen molar-refractivity contribution in [2.24, 2.45) is 0 Å². The molecule has 0 unspecified atom stereocenters. The molecule has 0 saturated heterocycles. The van der Waals surface area contributed by atoms with Gasteiger partial charge in [0.25, 0.3) is 0 Å². The Kier molecular flexibility index (Phi) is 4.10. The number of carboxylic acid groups (broad SMARTS) is 1. The zero-order valence-electron chi connectivity index (χ0n) is 10.3. The van der Waals surface area contributed by atoms with Crippen molar-refractivity contribution in [3.8, 4) is 5.75 Å². The van der Waals surface area contributed by atoms with Crippen LogP contribution in [0.15, 0.2) is 36.4 Å². The number of hydrogen-bond acceptors (Lipinski definition) is 3. The predicted molar refractivity (Wildman–Crippen MR) is 73.6 cm³/mol. The van der Waals surface area contributed by atoms with Gasteiger partial charge in [-0.15, -0.1) is 0 Å². The largest absolute Gasteiger partial charge is 0.487 e. The van der Waals surface area contributed by atoms with Gasteiger partial charge >= 0.3 is 5.97 Å². The lowest BCUT2D eigenvalue weighted by Crippen LogP contribution is -2.02. The number of halogens is 2. The van der Waals surface area contributed by atoms with Gasteiger partial charge in [-0.2, -0.15) is 0 Å². The molecule has 2 aromatic carbocycles. The van der Waals surface area contributed by atoms with Crippen molar-refractivity contribution >= 4 is 23.3 Å². The summed E-state index contributed by atoms with van der Waals surface area (Å²) in [5.74, 6) is -1.20. The Hall–Kier alpha value is -2.27. The SMILES string of the molecule is Nc1cc(C(=O)O)ccc1OCc1ccc(F)c(Cl)c1. The minimum atomic E-state index is -1.06. The van der Waals surface area contributed by atoms with E-state index in [2.05, 4.69) is 0 Å². The number of carboxylic acids is 1. The third-order valence-electron chi connectivity index (χ3n) is 2.64. The molecule has 6 heteroatoms. The average Bonchev–Trinajstić information content (AvgIpc) is 2.41. The van der Waals surface area contributed by atoms with E-state index in [-0.39, 0.29) is 22.9 Å². The molecule has 0 bridgehead atoms. The molecule has 0 heterocycles. The van der Waals surface area contributed by atoms with Gasteiger partial charge in [-0.05, 0) is 35.9 Å². The first kappa shape index (κ1) is 14.1. The lowest BCUT2D eigenvalue weighted by atomic mass is 10.2. The molecule has 0 aliphatic carbocycles. The van der Waals surface area contributed by atoms with Crippen LogP contribution < -0.4 is 10.5 Å². The van der Waals surface area contributed by atoms with E-state index in [0.29, 0.717) is 11.3 Å². The second-order valence-electron chi connectivity index (χ2n) is 4.09. The van der Waals surface area contributed by atoms with Gasteiger partial charge in [-0.1, -0.05) is 17.7 Å². The highest BCUT2D eigenvalue weighted by Gasteiger charge is 2.08. The van der Waals surface area contributed by atoms with Gasteiger partial charge in [0.15, 0.2) is 0 Å². The van der Waals surface area contributed by atoms with E-state index < -0.39 is 11.8 Å². The molecule has 0 atom stereocenters. The third kappa shape index (κ3) is 3.19. The molecular formula is C14H11ClFNO3. The smallest absolute Gasteiger partial charge is 0.335 e. The summed E-state index contributed by atoms with van der Waals surface area (Å²) in [5.41, 5.74) is 6.69. The lowest BCUT2D eigenvalue weighted by Gasteiger charge is -2.10. The van der Waals surface area contributed by atoms with Crippen molar-refractivity contribution in [1.29, 1.82) is 0 Å². The Morgan fingerprint density at radius 2 is 2.05 bits per heavy atom. The van der Waals surface area contributed by atoms with E-state index in [9.17, 15) is 9.18 Å². The number of nitrogen functional groups attached to an aromatic ring is 1. The normalized spacial score (nSPS) is 10.3. The molecule has 0 radical (unpaired) electrons. The van der Waals surface area contributed by atoms with Crippen LogP contribution in [0.4, 0.5) is 10.1 Å². The first-order chi connectivity index (χ1) is 9.47. The summed E-state index contributed by atoms with van der Waals surface area (Å²) < 4.78 is 18.5. The second-order valence-corrected chi connectivity index (χ2v) is 4.50. The van der Waals surface area contributed by atoms with Crippen LogP contribution in [0.3, 0.4) is 0 Å². The Labute approximate surface area is 119 Å². The number of carbonyl (C=O) groups is 1. The van der Waals surface area contributed by atoms with Gasteiger partial charge in [0.05, 0.1) is 16.3 Å². The predicted octanol–water partition coefficient (Wildman–Crippen LogP) is 3.34. The van der Waals surface area contributed by atoms with E-state index in [4.69, 9.17) is 27.2 Å². The standard InChI is InChI=1S/C14H11ClFNO3/c15-10-5-8(1-3-11(10)16)7-20-13-4-2-9(14(18)19)6-12(13)17/h1-6H,7,17H2,(H,18,19). The van der Waals surface area contributed by atoms with E-state index in [1.54, 1.807) is 6.07 Å². The summed E-state index contributed by atoms with van der Waals surface area (Å²) in [5, 5.41) is 8.83. The first-order valence-electron chi connectivity index (χ1n) is 5.67. The van der Waals surface area contributed by atoms with Crippen LogP contribution in [0.1, 0.15) is 15.9 Å². The van der Waals surface area contributed by atoms with Gasteiger partial charge < -0.3 is 15.6 Å². The summed E-state index contributed by atoms with van der Waals surface area (Å²) in [6, 6.07) is 8.44. The number of rotatable bonds is 4. The first-order valence-corrected chi connectivity index (χ1v) is 6.04. The van der Waals surface area contributed by atoms with Crippen LogP contribution in [0.2, 0.25) is 5.02 Å². The van der Waals surface area contributed by atoms with E-state index in [0.717, 1.165) is 0 Å². The number of ether oxygens (including phenoxy) is 1. The molecule has 0 aliphatic rings. The van der Waals surface area contributed by atoms with Gasteiger partial charge in [0, 0.05) is 0 Å². The number of nitrogens with two attached hydrogens (primary N) is 1. The monoisotopic (exact) mass is 295 g/mol. The molecule has 0 spiro atoms. The molecule has 0 aromatic heterocycles. The van der Waals surface area contributed by atoms with Gasteiger partial charge in [-0.25, -0.2) is 9.18 Å². The number of benzene rings is 2. The fourth-order valence-corrected chi connectivity index (χ4v) is 1.81. The number of hydrogen-bond donors (Lipinski definition) is 2. The second kappa shape index (κ2) is 5.79. The molecule has 0 fully saturated rings. The molecule has 0 aliphatic heterocycles. The van der Waals surface area contributed by atoms with Crippen LogP contribution in [0, 0.1) is 5.82 Å². The number of aromatic carboxylic acids is 1. The Balaban J connectivity index is 2.10.